The highest BCUT2D eigenvalue weighted by Gasteiger charge is 2.33. The summed E-state index contributed by atoms with van der Waals surface area (Å²) in [5.74, 6) is -0.834. The monoisotopic (exact) mass is 449 g/mol. The van der Waals surface area contributed by atoms with E-state index in [4.69, 9.17) is 4.42 Å². The van der Waals surface area contributed by atoms with Crippen LogP contribution in [0, 0.1) is 0 Å². The van der Waals surface area contributed by atoms with Crippen molar-refractivity contribution in [1.82, 2.24) is 20.5 Å². The number of sulfonamides is 1. The molecule has 0 unspecified atom stereocenters. The summed E-state index contributed by atoms with van der Waals surface area (Å²) >= 11 is 0. The second-order valence-corrected chi connectivity index (χ2v) is 9.26. The number of hydrogen-bond donors (Lipinski definition) is 1. The molecule has 0 amide bonds. The van der Waals surface area contributed by atoms with E-state index in [-0.39, 0.29) is 12.4 Å². The van der Waals surface area contributed by atoms with Gasteiger partial charge in [-0.25, -0.2) is 8.42 Å². The van der Waals surface area contributed by atoms with Gasteiger partial charge in [-0.05, 0) is 50.2 Å². The Bertz CT molecular complexity index is 1100. The van der Waals surface area contributed by atoms with Crippen molar-refractivity contribution in [3.05, 3.63) is 60.2 Å². The van der Waals surface area contributed by atoms with Gasteiger partial charge in [0.15, 0.2) is 0 Å². The van der Waals surface area contributed by atoms with Gasteiger partial charge in [-0.3, -0.25) is 9.29 Å². The molecule has 0 bridgehead atoms. The third-order valence-corrected chi connectivity index (χ3v) is 7.33. The minimum Gasteiger partial charge on any atom is -0.415 e. The Hall–Kier alpha value is -2.92. The molecule has 3 heterocycles. The maximum absolute atomic E-state index is 13.4. The SMILES string of the molecule is O=S(=O)(C1CCNCC1)N(Cc1ccc(-c2nnc(C(F)F)o2)cn1)c1ccccc1. The fraction of sp³-hybridized carbons (Fsp3) is 0.350. The van der Waals surface area contributed by atoms with E-state index in [1.54, 1.807) is 36.4 Å². The van der Waals surface area contributed by atoms with Gasteiger partial charge in [0.2, 0.25) is 15.9 Å². The average molecular weight is 449 g/mol. The average Bonchev–Trinajstić information content (AvgIpc) is 3.30. The molecule has 1 fully saturated rings. The molecule has 164 valence electrons. The van der Waals surface area contributed by atoms with Crippen molar-refractivity contribution in [2.75, 3.05) is 17.4 Å². The molecule has 1 aliphatic rings. The summed E-state index contributed by atoms with van der Waals surface area (Å²) in [6.45, 7) is 1.36. The summed E-state index contributed by atoms with van der Waals surface area (Å²) in [5.41, 5.74) is 1.43. The quantitative estimate of drug-likeness (QED) is 0.591. The molecular weight excluding hydrogens is 428 g/mol. The van der Waals surface area contributed by atoms with Gasteiger partial charge in [0.1, 0.15) is 0 Å². The molecule has 1 aromatic carbocycles. The highest BCUT2D eigenvalue weighted by molar-refractivity contribution is 7.93. The topological polar surface area (TPSA) is 101 Å². The van der Waals surface area contributed by atoms with E-state index < -0.39 is 27.6 Å². The summed E-state index contributed by atoms with van der Waals surface area (Å²) < 4.78 is 58.4. The van der Waals surface area contributed by atoms with E-state index in [2.05, 4.69) is 20.5 Å². The van der Waals surface area contributed by atoms with Crippen LogP contribution in [0.15, 0.2) is 53.1 Å². The minimum absolute atomic E-state index is 0.0443. The zero-order valence-corrected chi connectivity index (χ0v) is 17.3. The number of nitrogens with zero attached hydrogens (tertiary/aromatic N) is 4. The number of aromatic nitrogens is 3. The summed E-state index contributed by atoms with van der Waals surface area (Å²) in [7, 11) is -3.61. The third kappa shape index (κ3) is 4.72. The van der Waals surface area contributed by atoms with Crippen LogP contribution in [0.5, 0.6) is 0 Å². The largest absolute Gasteiger partial charge is 0.415 e. The van der Waals surface area contributed by atoms with Crippen LogP contribution in [0.4, 0.5) is 14.5 Å². The van der Waals surface area contributed by atoms with E-state index in [9.17, 15) is 17.2 Å². The van der Waals surface area contributed by atoms with Crippen molar-refractivity contribution in [2.24, 2.45) is 0 Å². The van der Waals surface area contributed by atoms with Crippen LogP contribution < -0.4 is 9.62 Å². The fourth-order valence-corrected chi connectivity index (χ4v) is 5.35. The highest BCUT2D eigenvalue weighted by atomic mass is 32.2. The molecule has 3 aromatic rings. The zero-order chi connectivity index (χ0) is 21.8. The number of anilines is 1. The van der Waals surface area contributed by atoms with E-state index in [1.165, 1.54) is 10.5 Å². The normalized spacial score (nSPS) is 15.3. The summed E-state index contributed by atoms with van der Waals surface area (Å²) in [4.78, 5) is 4.30. The number of pyridine rings is 1. The Morgan fingerprint density at radius 2 is 1.84 bits per heavy atom. The lowest BCUT2D eigenvalue weighted by molar-refractivity contribution is 0.116. The first-order valence-electron chi connectivity index (χ1n) is 9.79. The van der Waals surface area contributed by atoms with E-state index in [1.807, 2.05) is 6.07 Å². The van der Waals surface area contributed by atoms with Crippen LogP contribution in [0.1, 0.15) is 30.9 Å². The maximum Gasteiger partial charge on any atom is 0.314 e. The highest BCUT2D eigenvalue weighted by Crippen LogP contribution is 2.27. The first-order valence-corrected chi connectivity index (χ1v) is 11.3. The zero-order valence-electron chi connectivity index (χ0n) is 16.5. The fourth-order valence-electron chi connectivity index (χ4n) is 3.43. The third-order valence-electron chi connectivity index (χ3n) is 5.06. The first-order chi connectivity index (χ1) is 14.9. The minimum atomic E-state index is -3.61. The molecule has 11 heteroatoms. The molecule has 0 spiro atoms. The Labute approximate surface area is 178 Å². The maximum atomic E-state index is 13.4. The predicted octanol–water partition coefficient (Wildman–Crippen LogP) is 3.16. The predicted molar refractivity (Wildman–Crippen MR) is 110 cm³/mol. The smallest absolute Gasteiger partial charge is 0.314 e. The number of hydrogen-bond acceptors (Lipinski definition) is 7. The van der Waals surface area contributed by atoms with Crippen molar-refractivity contribution >= 4 is 15.7 Å². The number of rotatable bonds is 7. The van der Waals surface area contributed by atoms with Gasteiger partial charge in [-0.1, -0.05) is 18.2 Å². The van der Waals surface area contributed by atoms with Crippen LogP contribution in [-0.2, 0) is 16.6 Å². The summed E-state index contributed by atoms with van der Waals surface area (Å²) in [6, 6.07) is 12.1. The van der Waals surface area contributed by atoms with Gasteiger partial charge in [-0.2, -0.15) is 8.78 Å². The van der Waals surface area contributed by atoms with Gasteiger partial charge in [-0.15, -0.1) is 10.2 Å². The van der Waals surface area contributed by atoms with Crippen molar-refractivity contribution in [3.63, 3.8) is 0 Å². The molecule has 0 saturated carbocycles. The lowest BCUT2D eigenvalue weighted by atomic mass is 10.2. The number of halogens is 2. The molecule has 0 aliphatic carbocycles. The second kappa shape index (κ2) is 9.06. The van der Waals surface area contributed by atoms with Gasteiger partial charge in [0.25, 0.3) is 5.89 Å². The number of nitrogens with one attached hydrogen (secondary N) is 1. The lowest BCUT2D eigenvalue weighted by Gasteiger charge is -2.31. The molecule has 1 aliphatic heterocycles. The molecular formula is C20H21F2N5O3S. The van der Waals surface area contributed by atoms with E-state index >= 15 is 0 Å². The van der Waals surface area contributed by atoms with Crippen LogP contribution in [0.2, 0.25) is 0 Å². The number of alkyl halides is 2. The van der Waals surface area contributed by atoms with Gasteiger partial charge in [0.05, 0.1) is 28.7 Å². The Morgan fingerprint density at radius 1 is 1.10 bits per heavy atom. The molecule has 4 rings (SSSR count). The summed E-state index contributed by atoms with van der Waals surface area (Å²) in [5, 5.41) is 9.61. The Morgan fingerprint density at radius 3 is 2.45 bits per heavy atom. The molecule has 0 atom stereocenters. The lowest BCUT2D eigenvalue weighted by Crippen LogP contribution is -2.44. The number of benzene rings is 1. The van der Waals surface area contributed by atoms with Crippen molar-refractivity contribution in [3.8, 4) is 11.5 Å². The van der Waals surface area contributed by atoms with Crippen LogP contribution >= 0.6 is 0 Å². The van der Waals surface area contributed by atoms with Gasteiger partial charge in [0, 0.05) is 6.20 Å². The van der Waals surface area contributed by atoms with Crippen molar-refractivity contribution in [2.45, 2.75) is 31.1 Å². The van der Waals surface area contributed by atoms with Gasteiger partial charge >= 0.3 is 6.43 Å². The number of piperidine rings is 1. The standard InChI is InChI=1S/C20H21F2N5O3S/c21-18(22)20-26-25-19(30-20)14-6-7-15(24-12-14)13-27(16-4-2-1-3-5-16)31(28,29)17-8-10-23-11-9-17/h1-7,12,17-18,23H,8-11,13H2. The molecule has 0 radical (unpaired) electrons. The number of para-hydroxylation sites is 1. The van der Waals surface area contributed by atoms with Crippen LogP contribution in [0.25, 0.3) is 11.5 Å². The molecule has 31 heavy (non-hydrogen) atoms. The molecule has 2 aromatic heterocycles. The molecule has 1 N–H and O–H groups in total. The van der Waals surface area contributed by atoms with E-state index in [0.29, 0.717) is 42.9 Å². The van der Waals surface area contributed by atoms with Crippen LogP contribution in [-0.4, -0.2) is 41.9 Å². The second-order valence-electron chi connectivity index (χ2n) is 7.12. The molecule has 1 saturated heterocycles. The summed E-state index contributed by atoms with van der Waals surface area (Å²) in [6.07, 6.45) is -0.366. The van der Waals surface area contributed by atoms with Crippen molar-refractivity contribution in [1.29, 1.82) is 0 Å². The van der Waals surface area contributed by atoms with Crippen molar-refractivity contribution < 1.29 is 21.6 Å². The van der Waals surface area contributed by atoms with E-state index in [0.717, 1.165) is 0 Å². The van der Waals surface area contributed by atoms with Gasteiger partial charge < -0.3 is 9.73 Å². The Kier molecular flexibility index (Phi) is 6.23. The Balaban J connectivity index is 1.59. The molecule has 8 nitrogen and oxygen atoms in total. The first kappa shape index (κ1) is 21.3. The van der Waals surface area contributed by atoms with Crippen LogP contribution in [0.3, 0.4) is 0 Å².